The summed E-state index contributed by atoms with van der Waals surface area (Å²) in [6, 6.07) is 13.2. The molecule has 118 valence electrons. The van der Waals surface area contributed by atoms with Crippen molar-refractivity contribution in [3.63, 3.8) is 0 Å². The van der Waals surface area contributed by atoms with Crippen molar-refractivity contribution in [3.05, 3.63) is 54.1 Å². The summed E-state index contributed by atoms with van der Waals surface area (Å²) in [5, 5.41) is 2.83. The van der Waals surface area contributed by atoms with E-state index in [1.54, 1.807) is 6.08 Å². The second kappa shape index (κ2) is 6.44. The maximum absolute atomic E-state index is 12.0. The molecule has 2 aromatic rings. The fraction of sp³-hybridized carbons (Fsp3) is 0.167. The van der Waals surface area contributed by atoms with Crippen LogP contribution in [0.25, 0.3) is 6.08 Å². The molecule has 0 fully saturated rings. The quantitative estimate of drug-likeness (QED) is 0.882. The number of rotatable bonds is 4. The van der Waals surface area contributed by atoms with Crippen LogP contribution >= 0.6 is 0 Å². The lowest BCUT2D eigenvalue weighted by Crippen LogP contribution is -2.10. The van der Waals surface area contributed by atoms with Crippen molar-refractivity contribution < 1.29 is 14.3 Å². The van der Waals surface area contributed by atoms with Gasteiger partial charge in [-0.15, -0.1) is 0 Å². The Hall–Kier alpha value is -2.95. The van der Waals surface area contributed by atoms with E-state index < -0.39 is 0 Å². The topological polar surface area (TPSA) is 50.8 Å². The molecule has 23 heavy (non-hydrogen) atoms. The second-order valence-corrected chi connectivity index (χ2v) is 5.38. The molecule has 0 atom stereocenters. The van der Waals surface area contributed by atoms with E-state index in [1.165, 1.54) is 6.08 Å². The molecule has 0 saturated heterocycles. The number of nitrogens with zero attached hydrogens (tertiary/aromatic N) is 1. The highest BCUT2D eigenvalue weighted by Crippen LogP contribution is 2.32. The van der Waals surface area contributed by atoms with Crippen LogP contribution < -0.4 is 19.7 Å². The summed E-state index contributed by atoms with van der Waals surface area (Å²) in [6.07, 6.45) is 3.24. The summed E-state index contributed by atoms with van der Waals surface area (Å²) in [6.45, 7) is 0.242. The molecule has 0 aromatic heterocycles. The molecule has 1 aliphatic rings. The molecule has 0 spiro atoms. The first-order chi connectivity index (χ1) is 11.1. The maximum atomic E-state index is 12.0. The molecule has 1 heterocycles. The van der Waals surface area contributed by atoms with E-state index in [2.05, 4.69) is 5.32 Å². The van der Waals surface area contributed by atoms with Crippen LogP contribution in [0, 0.1) is 0 Å². The smallest absolute Gasteiger partial charge is 0.248 e. The third-order valence-corrected chi connectivity index (χ3v) is 3.48. The highest BCUT2D eigenvalue weighted by molar-refractivity contribution is 6.02. The largest absolute Gasteiger partial charge is 0.454 e. The van der Waals surface area contributed by atoms with Gasteiger partial charge in [-0.05, 0) is 48.0 Å². The Kier molecular flexibility index (Phi) is 4.19. The molecule has 0 unspecified atom stereocenters. The lowest BCUT2D eigenvalue weighted by molar-refractivity contribution is -0.111. The van der Waals surface area contributed by atoms with Gasteiger partial charge in [-0.1, -0.05) is 6.07 Å². The first-order valence-electron chi connectivity index (χ1n) is 7.28. The van der Waals surface area contributed by atoms with Gasteiger partial charge in [0.05, 0.1) is 0 Å². The van der Waals surface area contributed by atoms with E-state index in [9.17, 15) is 4.79 Å². The number of carbonyl (C=O) groups excluding carboxylic acids is 1. The normalized spacial score (nSPS) is 12.4. The van der Waals surface area contributed by atoms with Gasteiger partial charge >= 0.3 is 0 Å². The van der Waals surface area contributed by atoms with Gasteiger partial charge in [0.2, 0.25) is 12.7 Å². The number of hydrogen-bond donors (Lipinski definition) is 1. The lowest BCUT2D eigenvalue weighted by atomic mass is 10.2. The van der Waals surface area contributed by atoms with Gasteiger partial charge in [0, 0.05) is 31.5 Å². The summed E-state index contributed by atoms with van der Waals surface area (Å²) in [5.41, 5.74) is 2.72. The van der Waals surface area contributed by atoms with E-state index in [4.69, 9.17) is 9.47 Å². The van der Waals surface area contributed by atoms with Gasteiger partial charge in [-0.3, -0.25) is 4.79 Å². The van der Waals surface area contributed by atoms with Crippen molar-refractivity contribution in [2.24, 2.45) is 0 Å². The molecule has 2 aromatic carbocycles. The molecule has 0 saturated carbocycles. The van der Waals surface area contributed by atoms with Crippen LogP contribution in [0.15, 0.2) is 48.5 Å². The minimum Gasteiger partial charge on any atom is -0.454 e. The zero-order valence-corrected chi connectivity index (χ0v) is 13.1. The Morgan fingerprint density at radius 1 is 1.09 bits per heavy atom. The Morgan fingerprint density at radius 2 is 1.83 bits per heavy atom. The molecule has 0 aliphatic carbocycles. The van der Waals surface area contributed by atoms with Crippen molar-refractivity contribution in [2.45, 2.75) is 0 Å². The number of hydrogen-bond acceptors (Lipinski definition) is 4. The third kappa shape index (κ3) is 3.63. The van der Waals surface area contributed by atoms with Crippen molar-refractivity contribution >= 4 is 23.4 Å². The van der Waals surface area contributed by atoms with Gasteiger partial charge in [0.1, 0.15) is 0 Å². The van der Waals surface area contributed by atoms with Crippen LogP contribution in [-0.4, -0.2) is 26.8 Å². The van der Waals surface area contributed by atoms with Crippen LogP contribution in [0.4, 0.5) is 11.4 Å². The van der Waals surface area contributed by atoms with Crippen LogP contribution in [0.3, 0.4) is 0 Å². The molecule has 5 heteroatoms. The highest BCUT2D eigenvalue weighted by atomic mass is 16.7. The first kappa shape index (κ1) is 15.0. The monoisotopic (exact) mass is 310 g/mol. The summed E-state index contributed by atoms with van der Waals surface area (Å²) < 4.78 is 10.6. The average Bonchev–Trinajstić information content (AvgIpc) is 3.01. The van der Waals surface area contributed by atoms with Gasteiger partial charge in [-0.2, -0.15) is 0 Å². The predicted molar refractivity (Wildman–Crippen MR) is 91.0 cm³/mol. The fourth-order valence-corrected chi connectivity index (χ4v) is 2.22. The summed E-state index contributed by atoms with van der Waals surface area (Å²) >= 11 is 0. The number of amides is 1. The van der Waals surface area contributed by atoms with Gasteiger partial charge in [0.15, 0.2) is 11.5 Å². The average molecular weight is 310 g/mol. The van der Waals surface area contributed by atoms with Gasteiger partial charge in [0.25, 0.3) is 0 Å². The van der Waals surface area contributed by atoms with Crippen molar-refractivity contribution in [3.8, 4) is 11.5 Å². The Balaban J connectivity index is 1.62. The molecule has 1 aliphatic heterocycles. The SMILES string of the molecule is CN(C)c1ccc(NC(=O)C=Cc2ccc3c(c2)OCO3)cc1. The van der Waals surface area contributed by atoms with Gasteiger partial charge in [-0.25, -0.2) is 0 Å². The third-order valence-electron chi connectivity index (χ3n) is 3.48. The predicted octanol–water partition coefficient (Wildman–Crippen LogP) is 3.13. The van der Waals surface area contributed by atoms with Crippen LogP contribution in [0.2, 0.25) is 0 Å². The standard InChI is InChI=1S/C18H18N2O3/c1-20(2)15-7-5-14(6-8-15)19-18(21)10-4-13-3-9-16-17(11-13)23-12-22-16/h3-11H,12H2,1-2H3,(H,19,21). The number of ether oxygens (including phenoxy) is 2. The van der Waals surface area contributed by atoms with Crippen LogP contribution in [0.1, 0.15) is 5.56 Å². The fourth-order valence-electron chi connectivity index (χ4n) is 2.22. The zero-order valence-electron chi connectivity index (χ0n) is 13.1. The molecule has 5 nitrogen and oxygen atoms in total. The lowest BCUT2D eigenvalue weighted by Gasteiger charge is -2.12. The van der Waals surface area contributed by atoms with Gasteiger partial charge < -0.3 is 19.7 Å². The van der Waals surface area contributed by atoms with E-state index in [0.29, 0.717) is 5.75 Å². The molecule has 3 rings (SSSR count). The zero-order chi connectivity index (χ0) is 16.2. The Bertz CT molecular complexity index is 736. The Morgan fingerprint density at radius 3 is 2.57 bits per heavy atom. The number of anilines is 2. The first-order valence-corrected chi connectivity index (χ1v) is 7.28. The minimum absolute atomic E-state index is 0.180. The van der Waals surface area contributed by atoms with Crippen LogP contribution in [-0.2, 0) is 4.79 Å². The minimum atomic E-state index is -0.180. The molecule has 1 N–H and O–H groups in total. The van der Waals surface area contributed by atoms with Crippen molar-refractivity contribution in [1.82, 2.24) is 0 Å². The number of benzene rings is 2. The summed E-state index contributed by atoms with van der Waals surface area (Å²) in [7, 11) is 3.95. The van der Waals surface area contributed by atoms with Crippen molar-refractivity contribution in [2.75, 3.05) is 31.1 Å². The summed E-state index contributed by atoms with van der Waals surface area (Å²) in [5.74, 6) is 1.25. The molecule has 0 bridgehead atoms. The molecular formula is C18H18N2O3. The number of fused-ring (bicyclic) bond motifs is 1. The molecule has 0 radical (unpaired) electrons. The summed E-state index contributed by atoms with van der Waals surface area (Å²) in [4.78, 5) is 14.0. The second-order valence-electron chi connectivity index (χ2n) is 5.38. The van der Waals surface area contributed by atoms with E-state index in [0.717, 1.165) is 22.7 Å². The Labute approximate surface area is 135 Å². The van der Waals surface area contributed by atoms with Crippen LogP contribution in [0.5, 0.6) is 11.5 Å². The maximum Gasteiger partial charge on any atom is 0.248 e. The van der Waals surface area contributed by atoms with E-state index in [1.807, 2.05) is 61.5 Å². The number of carbonyl (C=O) groups is 1. The van der Waals surface area contributed by atoms with Crippen molar-refractivity contribution in [1.29, 1.82) is 0 Å². The molecular weight excluding hydrogens is 292 g/mol. The number of nitrogens with one attached hydrogen (secondary N) is 1. The van der Waals surface area contributed by atoms with E-state index in [-0.39, 0.29) is 12.7 Å². The highest BCUT2D eigenvalue weighted by Gasteiger charge is 2.12. The molecule has 1 amide bonds. The van der Waals surface area contributed by atoms with E-state index >= 15 is 0 Å².